The minimum atomic E-state index is -0.109. The largest absolute Gasteiger partial charge is 0.476 e. The summed E-state index contributed by atoms with van der Waals surface area (Å²) in [7, 11) is 4.00. The quantitative estimate of drug-likeness (QED) is 0.809. The second-order valence-corrected chi connectivity index (χ2v) is 5.24. The molecule has 0 radical (unpaired) electrons. The van der Waals surface area contributed by atoms with Crippen molar-refractivity contribution in [3.8, 4) is 11.8 Å². The lowest BCUT2D eigenvalue weighted by molar-refractivity contribution is 0.111. The van der Waals surface area contributed by atoms with E-state index in [1.54, 1.807) is 0 Å². The third-order valence-corrected chi connectivity index (χ3v) is 3.03. The Morgan fingerprint density at radius 3 is 2.32 bits per heavy atom. The zero-order valence-electron chi connectivity index (χ0n) is 12.4. The summed E-state index contributed by atoms with van der Waals surface area (Å²) in [6.07, 6.45) is 2.30. The summed E-state index contributed by atoms with van der Waals surface area (Å²) in [6.45, 7) is 7.24. The normalized spacial score (nSPS) is 11.7. The van der Waals surface area contributed by atoms with Crippen LogP contribution in [0.3, 0.4) is 0 Å². The highest BCUT2D eigenvalue weighted by molar-refractivity contribution is 5.55. The first-order chi connectivity index (χ1) is 8.88. The summed E-state index contributed by atoms with van der Waals surface area (Å²) < 4.78 is 11.1. The molecule has 0 atom stereocenters. The number of nitrogens with zero attached hydrogens (tertiary/aromatic N) is 3. The molecule has 6 heteroatoms. The summed E-state index contributed by atoms with van der Waals surface area (Å²) in [4.78, 5) is 10.1. The van der Waals surface area contributed by atoms with Crippen LogP contribution in [0.15, 0.2) is 6.33 Å². The molecular weight excluding hydrogens is 244 g/mol. The van der Waals surface area contributed by atoms with E-state index in [1.165, 1.54) is 6.33 Å². The van der Waals surface area contributed by atoms with Crippen LogP contribution in [0.1, 0.15) is 27.2 Å². The van der Waals surface area contributed by atoms with E-state index in [4.69, 9.17) is 15.2 Å². The molecule has 19 heavy (non-hydrogen) atoms. The van der Waals surface area contributed by atoms with Gasteiger partial charge in [-0.3, -0.25) is 0 Å². The van der Waals surface area contributed by atoms with E-state index in [-0.39, 0.29) is 5.54 Å². The molecule has 0 bridgehead atoms. The van der Waals surface area contributed by atoms with Crippen molar-refractivity contribution >= 4 is 5.69 Å². The minimum absolute atomic E-state index is 0.109. The Hall–Kier alpha value is -1.56. The monoisotopic (exact) mass is 268 g/mol. The standard InChI is InChI=1S/C13H24N4O2/c1-6-7-18-11-10(14)12(16-9-15-11)19-8-13(2,3)17(4)5/h9H,6-8,14H2,1-5H3. The number of nitrogens with two attached hydrogens (primary N) is 1. The summed E-state index contributed by atoms with van der Waals surface area (Å²) in [6, 6.07) is 0. The molecule has 108 valence electrons. The fourth-order valence-corrected chi connectivity index (χ4v) is 1.17. The maximum absolute atomic E-state index is 5.94. The van der Waals surface area contributed by atoms with E-state index in [9.17, 15) is 0 Å². The van der Waals surface area contributed by atoms with Crippen LogP contribution in [-0.2, 0) is 0 Å². The molecule has 1 aromatic heterocycles. The minimum Gasteiger partial charge on any atom is -0.476 e. The highest BCUT2D eigenvalue weighted by atomic mass is 16.5. The number of hydrogen-bond acceptors (Lipinski definition) is 6. The molecule has 0 unspecified atom stereocenters. The molecule has 6 nitrogen and oxygen atoms in total. The van der Waals surface area contributed by atoms with Crippen LogP contribution in [-0.4, -0.2) is 47.7 Å². The van der Waals surface area contributed by atoms with Gasteiger partial charge in [0.1, 0.15) is 12.9 Å². The van der Waals surface area contributed by atoms with E-state index in [0.29, 0.717) is 30.7 Å². The molecule has 2 N–H and O–H groups in total. The van der Waals surface area contributed by atoms with Crippen LogP contribution in [0, 0.1) is 0 Å². The second-order valence-electron chi connectivity index (χ2n) is 5.24. The van der Waals surface area contributed by atoms with Crippen molar-refractivity contribution in [2.24, 2.45) is 0 Å². The maximum atomic E-state index is 5.94. The molecule has 0 aliphatic heterocycles. The average molecular weight is 268 g/mol. The zero-order valence-corrected chi connectivity index (χ0v) is 12.4. The van der Waals surface area contributed by atoms with Crippen LogP contribution < -0.4 is 15.2 Å². The van der Waals surface area contributed by atoms with Gasteiger partial charge in [0.05, 0.1) is 6.61 Å². The van der Waals surface area contributed by atoms with E-state index in [0.717, 1.165) is 6.42 Å². The number of likely N-dealkylation sites (N-methyl/N-ethyl adjacent to an activating group) is 1. The molecule has 1 heterocycles. The first-order valence-corrected chi connectivity index (χ1v) is 6.42. The Labute approximate surface area is 114 Å². The van der Waals surface area contributed by atoms with Gasteiger partial charge in [0.2, 0.25) is 11.8 Å². The molecule has 1 rings (SSSR count). The van der Waals surface area contributed by atoms with E-state index < -0.39 is 0 Å². The highest BCUT2D eigenvalue weighted by Crippen LogP contribution is 2.27. The zero-order chi connectivity index (χ0) is 14.5. The Bertz CT molecular complexity index is 408. The van der Waals surface area contributed by atoms with Gasteiger partial charge in [0, 0.05) is 5.54 Å². The van der Waals surface area contributed by atoms with Crippen molar-refractivity contribution in [1.29, 1.82) is 0 Å². The van der Waals surface area contributed by atoms with Gasteiger partial charge in [-0.1, -0.05) is 6.92 Å². The van der Waals surface area contributed by atoms with Gasteiger partial charge in [0.15, 0.2) is 5.69 Å². The summed E-state index contributed by atoms with van der Waals surface area (Å²) >= 11 is 0. The summed E-state index contributed by atoms with van der Waals surface area (Å²) in [5, 5.41) is 0. The molecule has 0 fully saturated rings. The number of hydrogen-bond donors (Lipinski definition) is 1. The van der Waals surface area contributed by atoms with Crippen molar-refractivity contribution < 1.29 is 9.47 Å². The lowest BCUT2D eigenvalue weighted by Crippen LogP contribution is -2.43. The van der Waals surface area contributed by atoms with Crippen molar-refractivity contribution in [2.75, 3.05) is 33.0 Å². The predicted molar refractivity (Wildman–Crippen MR) is 75.5 cm³/mol. The van der Waals surface area contributed by atoms with Crippen LogP contribution >= 0.6 is 0 Å². The fourth-order valence-electron chi connectivity index (χ4n) is 1.17. The van der Waals surface area contributed by atoms with Crippen LogP contribution in [0.4, 0.5) is 5.69 Å². The Balaban J connectivity index is 2.74. The number of anilines is 1. The van der Waals surface area contributed by atoms with Crippen molar-refractivity contribution in [3.63, 3.8) is 0 Å². The van der Waals surface area contributed by atoms with E-state index in [1.807, 2.05) is 21.0 Å². The van der Waals surface area contributed by atoms with Crippen LogP contribution in [0.25, 0.3) is 0 Å². The lowest BCUT2D eigenvalue weighted by atomic mass is 10.1. The molecule has 0 saturated carbocycles. The van der Waals surface area contributed by atoms with Crippen molar-refractivity contribution in [2.45, 2.75) is 32.7 Å². The first-order valence-electron chi connectivity index (χ1n) is 6.42. The Kier molecular flexibility index (Phi) is 5.35. The molecule has 0 spiro atoms. The molecule has 0 aromatic carbocycles. The maximum Gasteiger partial charge on any atom is 0.244 e. The summed E-state index contributed by atoms with van der Waals surface area (Å²) in [5.41, 5.74) is 6.18. The third-order valence-electron chi connectivity index (χ3n) is 3.03. The van der Waals surface area contributed by atoms with Gasteiger partial charge in [-0.15, -0.1) is 0 Å². The van der Waals surface area contributed by atoms with Gasteiger partial charge in [-0.05, 0) is 34.4 Å². The first kappa shape index (κ1) is 15.5. The summed E-state index contributed by atoms with van der Waals surface area (Å²) in [5.74, 6) is 0.755. The highest BCUT2D eigenvalue weighted by Gasteiger charge is 2.22. The van der Waals surface area contributed by atoms with Gasteiger partial charge in [-0.2, -0.15) is 9.97 Å². The second kappa shape index (κ2) is 6.56. The molecular formula is C13H24N4O2. The molecule has 0 saturated heterocycles. The van der Waals surface area contributed by atoms with Gasteiger partial charge < -0.3 is 20.1 Å². The Morgan fingerprint density at radius 2 is 1.79 bits per heavy atom. The molecule has 1 aromatic rings. The lowest BCUT2D eigenvalue weighted by Gasteiger charge is -2.32. The predicted octanol–water partition coefficient (Wildman–Crippen LogP) is 1.57. The Morgan fingerprint density at radius 1 is 1.21 bits per heavy atom. The number of aromatic nitrogens is 2. The van der Waals surface area contributed by atoms with Gasteiger partial charge in [0.25, 0.3) is 0 Å². The molecule has 0 aliphatic carbocycles. The smallest absolute Gasteiger partial charge is 0.244 e. The SMILES string of the molecule is CCCOc1ncnc(OCC(C)(C)N(C)C)c1N. The van der Waals surface area contributed by atoms with E-state index >= 15 is 0 Å². The molecule has 0 aliphatic rings. The molecule has 0 amide bonds. The van der Waals surface area contributed by atoms with Crippen LogP contribution in [0.5, 0.6) is 11.8 Å². The van der Waals surface area contributed by atoms with Gasteiger partial charge >= 0.3 is 0 Å². The number of nitrogen functional groups attached to an aromatic ring is 1. The third kappa shape index (κ3) is 4.24. The van der Waals surface area contributed by atoms with Crippen LogP contribution in [0.2, 0.25) is 0 Å². The van der Waals surface area contributed by atoms with Gasteiger partial charge in [-0.25, -0.2) is 0 Å². The van der Waals surface area contributed by atoms with E-state index in [2.05, 4.69) is 28.7 Å². The number of rotatable bonds is 7. The number of ether oxygens (including phenoxy) is 2. The van der Waals surface area contributed by atoms with Crippen molar-refractivity contribution in [3.05, 3.63) is 6.33 Å². The average Bonchev–Trinajstić information content (AvgIpc) is 2.36. The topological polar surface area (TPSA) is 73.5 Å². The van der Waals surface area contributed by atoms with Crippen molar-refractivity contribution in [1.82, 2.24) is 14.9 Å². The fraction of sp³-hybridized carbons (Fsp3) is 0.692.